The zero-order chi connectivity index (χ0) is 22.3. The number of hydrogen-bond acceptors (Lipinski definition) is 5. The van der Waals surface area contributed by atoms with Crippen LogP contribution in [0.5, 0.6) is 11.5 Å². The lowest BCUT2D eigenvalue weighted by Gasteiger charge is -2.16. The van der Waals surface area contributed by atoms with Crippen molar-refractivity contribution in [1.29, 1.82) is 0 Å². The second-order valence-electron chi connectivity index (χ2n) is 6.65. The Morgan fingerprint density at radius 3 is 2.27 bits per heavy atom. The van der Waals surface area contributed by atoms with E-state index in [0.29, 0.717) is 11.5 Å². The Balaban J connectivity index is 1.94. The third-order valence-electron chi connectivity index (χ3n) is 3.95. The highest BCUT2D eigenvalue weighted by atomic mass is 35.5. The maximum absolute atomic E-state index is 12.3. The van der Waals surface area contributed by atoms with Gasteiger partial charge < -0.3 is 14.8 Å². The Bertz CT molecular complexity index is 933. The maximum atomic E-state index is 12.3. The molecule has 0 saturated carbocycles. The van der Waals surface area contributed by atoms with Gasteiger partial charge in [0, 0.05) is 5.56 Å². The first-order valence-electron chi connectivity index (χ1n) is 9.23. The van der Waals surface area contributed by atoms with E-state index >= 15 is 0 Å². The fraction of sp³-hybridized carbons (Fsp3) is 0.286. The molecule has 2 rings (SSSR count). The van der Waals surface area contributed by atoms with Crippen LogP contribution in [0, 0.1) is 0 Å². The van der Waals surface area contributed by atoms with Gasteiger partial charge in [0.2, 0.25) is 0 Å². The average molecular weight is 434 g/mol. The molecular formula is C21H24ClN3O5. The molecule has 160 valence electrons. The van der Waals surface area contributed by atoms with Gasteiger partial charge in [0.1, 0.15) is 6.04 Å². The highest BCUT2D eigenvalue weighted by Gasteiger charge is 2.19. The number of rotatable bonds is 7. The Hall–Kier alpha value is -3.26. The number of amides is 3. The van der Waals surface area contributed by atoms with Crippen LogP contribution in [-0.4, -0.2) is 37.0 Å². The van der Waals surface area contributed by atoms with E-state index in [-0.39, 0.29) is 22.3 Å². The fourth-order valence-electron chi connectivity index (χ4n) is 2.44. The lowest BCUT2D eigenvalue weighted by Crippen LogP contribution is -2.51. The smallest absolute Gasteiger partial charge is 0.269 e. The van der Waals surface area contributed by atoms with Crippen LogP contribution < -0.4 is 25.6 Å². The summed E-state index contributed by atoms with van der Waals surface area (Å²) >= 11 is 5.98. The summed E-state index contributed by atoms with van der Waals surface area (Å²) in [5.41, 5.74) is 5.09. The van der Waals surface area contributed by atoms with E-state index in [1.807, 2.05) is 13.8 Å². The first kappa shape index (κ1) is 23.0. The van der Waals surface area contributed by atoms with Crippen molar-refractivity contribution in [3.05, 3.63) is 58.6 Å². The predicted octanol–water partition coefficient (Wildman–Crippen LogP) is 2.72. The lowest BCUT2D eigenvalue weighted by molar-refractivity contribution is -0.123. The molecule has 2 aromatic carbocycles. The number of nitrogens with one attached hydrogen (secondary N) is 3. The van der Waals surface area contributed by atoms with Crippen LogP contribution in [0.4, 0.5) is 0 Å². The van der Waals surface area contributed by atoms with Crippen molar-refractivity contribution < 1.29 is 23.9 Å². The molecule has 0 aromatic heterocycles. The predicted molar refractivity (Wildman–Crippen MR) is 113 cm³/mol. The molecule has 0 radical (unpaired) electrons. The normalized spacial score (nSPS) is 11.4. The Morgan fingerprint density at radius 1 is 0.933 bits per heavy atom. The number of halogens is 1. The zero-order valence-electron chi connectivity index (χ0n) is 17.1. The van der Waals surface area contributed by atoms with Crippen LogP contribution in [0.15, 0.2) is 42.5 Å². The van der Waals surface area contributed by atoms with Gasteiger partial charge in [-0.05, 0) is 51.1 Å². The summed E-state index contributed by atoms with van der Waals surface area (Å²) < 4.78 is 10.9. The Kier molecular flexibility index (Phi) is 8.06. The minimum atomic E-state index is -0.912. The van der Waals surface area contributed by atoms with Gasteiger partial charge in [-0.2, -0.15) is 0 Å². The molecule has 30 heavy (non-hydrogen) atoms. The van der Waals surface area contributed by atoms with E-state index in [0.717, 1.165) is 0 Å². The number of methoxy groups -OCH3 is 1. The molecule has 3 N–H and O–H groups in total. The van der Waals surface area contributed by atoms with Gasteiger partial charge in [0.15, 0.2) is 11.5 Å². The average Bonchev–Trinajstić information content (AvgIpc) is 2.71. The first-order chi connectivity index (χ1) is 14.2. The van der Waals surface area contributed by atoms with E-state index in [9.17, 15) is 14.4 Å². The van der Waals surface area contributed by atoms with Gasteiger partial charge in [-0.1, -0.05) is 23.7 Å². The zero-order valence-corrected chi connectivity index (χ0v) is 17.9. The van der Waals surface area contributed by atoms with E-state index in [1.54, 1.807) is 36.4 Å². The molecule has 0 aliphatic carbocycles. The topological polar surface area (TPSA) is 106 Å². The molecule has 0 bridgehead atoms. The molecular weight excluding hydrogens is 410 g/mol. The van der Waals surface area contributed by atoms with Crippen LogP contribution in [0.1, 0.15) is 41.5 Å². The summed E-state index contributed by atoms with van der Waals surface area (Å²) in [4.78, 5) is 36.8. The molecule has 0 aliphatic heterocycles. The quantitative estimate of drug-likeness (QED) is 0.582. The number of benzene rings is 2. The van der Waals surface area contributed by atoms with Crippen molar-refractivity contribution in [2.45, 2.75) is 32.9 Å². The molecule has 2 aromatic rings. The summed E-state index contributed by atoms with van der Waals surface area (Å²) in [5, 5.41) is 2.79. The van der Waals surface area contributed by atoms with E-state index in [2.05, 4.69) is 16.2 Å². The minimum absolute atomic E-state index is 0.0553. The minimum Gasteiger partial charge on any atom is -0.493 e. The molecule has 0 spiro atoms. The lowest BCUT2D eigenvalue weighted by atomic mass is 10.2. The van der Waals surface area contributed by atoms with Crippen molar-refractivity contribution in [2.24, 2.45) is 0 Å². The Labute approximate surface area is 179 Å². The van der Waals surface area contributed by atoms with Gasteiger partial charge >= 0.3 is 0 Å². The van der Waals surface area contributed by atoms with E-state index in [4.69, 9.17) is 21.1 Å². The molecule has 3 amide bonds. The Morgan fingerprint density at radius 2 is 1.63 bits per heavy atom. The van der Waals surface area contributed by atoms with Crippen LogP contribution >= 0.6 is 11.6 Å². The number of carbonyl (C=O) groups excluding carboxylic acids is 3. The highest BCUT2D eigenvalue weighted by Crippen LogP contribution is 2.28. The van der Waals surface area contributed by atoms with Crippen LogP contribution in [-0.2, 0) is 4.79 Å². The highest BCUT2D eigenvalue weighted by molar-refractivity contribution is 6.33. The fourth-order valence-corrected chi connectivity index (χ4v) is 2.67. The van der Waals surface area contributed by atoms with Crippen molar-refractivity contribution >= 4 is 29.3 Å². The van der Waals surface area contributed by atoms with E-state index in [1.165, 1.54) is 20.1 Å². The van der Waals surface area contributed by atoms with Crippen LogP contribution in [0.25, 0.3) is 0 Å². The summed E-state index contributed by atoms with van der Waals surface area (Å²) in [6, 6.07) is 10.2. The molecule has 9 heteroatoms. The second kappa shape index (κ2) is 10.5. The molecule has 0 fully saturated rings. The van der Waals surface area contributed by atoms with Crippen LogP contribution in [0.2, 0.25) is 5.02 Å². The van der Waals surface area contributed by atoms with Gasteiger partial charge in [-0.3, -0.25) is 25.2 Å². The van der Waals surface area contributed by atoms with Gasteiger partial charge in [-0.25, -0.2) is 0 Å². The van der Waals surface area contributed by atoms with E-state index < -0.39 is 23.8 Å². The number of carbonyl (C=O) groups is 3. The SMILES string of the molecule is COc1cc(C(=O)NNC(=O)C(C)NC(=O)c2ccccc2Cl)ccc1OC(C)C. The molecule has 0 aliphatic rings. The van der Waals surface area contributed by atoms with Crippen molar-refractivity contribution in [3.63, 3.8) is 0 Å². The third-order valence-corrected chi connectivity index (χ3v) is 4.28. The first-order valence-corrected chi connectivity index (χ1v) is 9.61. The number of hydrogen-bond donors (Lipinski definition) is 3. The monoisotopic (exact) mass is 433 g/mol. The summed E-state index contributed by atoms with van der Waals surface area (Å²) in [6.07, 6.45) is -0.0553. The van der Waals surface area contributed by atoms with Gasteiger partial charge in [-0.15, -0.1) is 0 Å². The van der Waals surface area contributed by atoms with Gasteiger partial charge in [0.25, 0.3) is 17.7 Å². The number of hydrazine groups is 1. The molecule has 1 atom stereocenters. The summed E-state index contributed by atoms with van der Waals surface area (Å²) in [7, 11) is 1.47. The maximum Gasteiger partial charge on any atom is 0.269 e. The van der Waals surface area contributed by atoms with Crippen molar-refractivity contribution in [2.75, 3.05) is 7.11 Å². The molecule has 8 nitrogen and oxygen atoms in total. The summed E-state index contributed by atoms with van der Waals surface area (Å²) in [6.45, 7) is 5.24. The van der Waals surface area contributed by atoms with Gasteiger partial charge in [0.05, 0.1) is 23.8 Å². The second-order valence-corrected chi connectivity index (χ2v) is 7.06. The molecule has 1 unspecified atom stereocenters. The number of ether oxygens (including phenoxy) is 2. The third kappa shape index (κ3) is 6.12. The summed E-state index contributed by atoms with van der Waals surface area (Å²) in [5.74, 6) is -0.759. The van der Waals surface area contributed by atoms with Crippen molar-refractivity contribution in [1.82, 2.24) is 16.2 Å². The molecule has 0 heterocycles. The largest absolute Gasteiger partial charge is 0.493 e. The van der Waals surface area contributed by atoms with Crippen molar-refractivity contribution in [3.8, 4) is 11.5 Å². The van der Waals surface area contributed by atoms with Crippen LogP contribution in [0.3, 0.4) is 0 Å². The standard InChI is InChI=1S/C21H24ClN3O5/c1-12(2)30-17-10-9-14(11-18(17)29-4)20(27)25-24-19(26)13(3)23-21(28)15-7-5-6-8-16(15)22/h5-13H,1-4H3,(H,23,28)(H,24,26)(H,25,27). The molecule has 0 saturated heterocycles.